The Labute approximate surface area is 120 Å². The zero-order valence-electron chi connectivity index (χ0n) is 12.2. The van der Waals surface area contributed by atoms with Gasteiger partial charge in [-0.05, 0) is 32.4 Å². The van der Waals surface area contributed by atoms with Gasteiger partial charge < -0.3 is 10.3 Å². The lowest BCUT2D eigenvalue weighted by Gasteiger charge is -2.24. The van der Waals surface area contributed by atoms with Crippen LogP contribution < -0.4 is 16.2 Å². The summed E-state index contributed by atoms with van der Waals surface area (Å²) in [6.07, 6.45) is 4.76. The maximum absolute atomic E-state index is 5.50. The molecule has 1 aromatic rings. The molecule has 0 saturated carbocycles. The molecular weight excluding hydrogens is 252 g/mol. The number of rotatable bonds is 4. The molecule has 1 unspecified atom stereocenters. The third kappa shape index (κ3) is 2.71. The van der Waals surface area contributed by atoms with Crippen molar-refractivity contribution in [2.75, 3.05) is 36.5 Å². The van der Waals surface area contributed by atoms with Gasteiger partial charge in [0.15, 0.2) is 0 Å². The maximum atomic E-state index is 5.50. The van der Waals surface area contributed by atoms with Crippen molar-refractivity contribution in [3.63, 3.8) is 0 Å². The number of likely N-dealkylation sites (tertiary alicyclic amines) is 1. The van der Waals surface area contributed by atoms with Gasteiger partial charge in [-0.2, -0.15) is 0 Å². The number of nitrogens with two attached hydrogens (primary N) is 1. The normalized spacial score (nSPS) is 23.5. The van der Waals surface area contributed by atoms with Crippen LogP contribution in [0, 0.1) is 0 Å². The number of aryl methyl sites for hydroxylation is 1. The first-order valence-corrected chi connectivity index (χ1v) is 7.63. The van der Waals surface area contributed by atoms with Crippen molar-refractivity contribution in [3.05, 3.63) is 11.9 Å². The van der Waals surface area contributed by atoms with Crippen molar-refractivity contribution in [2.45, 2.75) is 38.6 Å². The zero-order valence-corrected chi connectivity index (χ0v) is 12.2. The SMILES string of the molecule is CCc1nc(NN)cc(N2CCC(N3CCCC3)C2)n1. The van der Waals surface area contributed by atoms with Crippen LogP contribution in [0.5, 0.6) is 0 Å². The molecule has 0 radical (unpaired) electrons. The molecule has 6 nitrogen and oxygen atoms in total. The lowest BCUT2D eigenvalue weighted by atomic mass is 10.2. The molecule has 110 valence electrons. The summed E-state index contributed by atoms with van der Waals surface area (Å²) < 4.78 is 0. The number of nitrogen functional groups attached to an aromatic ring is 1. The first kappa shape index (κ1) is 13.6. The van der Waals surface area contributed by atoms with Gasteiger partial charge in [-0.15, -0.1) is 0 Å². The van der Waals surface area contributed by atoms with Gasteiger partial charge in [0.2, 0.25) is 0 Å². The molecule has 3 heterocycles. The molecule has 3 rings (SSSR count). The number of hydrogen-bond acceptors (Lipinski definition) is 6. The molecule has 2 saturated heterocycles. The van der Waals surface area contributed by atoms with E-state index in [0.29, 0.717) is 11.9 Å². The van der Waals surface area contributed by atoms with Crippen LogP contribution in [0.15, 0.2) is 6.07 Å². The molecule has 0 bridgehead atoms. The van der Waals surface area contributed by atoms with E-state index in [4.69, 9.17) is 5.84 Å². The van der Waals surface area contributed by atoms with Crippen LogP contribution in [-0.4, -0.2) is 47.1 Å². The van der Waals surface area contributed by atoms with Crippen molar-refractivity contribution < 1.29 is 0 Å². The van der Waals surface area contributed by atoms with E-state index in [2.05, 4.69) is 32.1 Å². The summed E-state index contributed by atoms with van der Waals surface area (Å²) in [5.41, 5.74) is 2.64. The lowest BCUT2D eigenvalue weighted by Crippen LogP contribution is -2.35. The number of anilines is 2. The van der Waals surface area contributed by atoms with Crippen LogP contribution >= 0.6 is 0 Å². The minimum absolute atomic E-state index is 0.687. The molecule has 0 aliphatic carbocycles. The Balaban J connectivity index is 1.73. The summed E-state index contributed by atoms with van der Waals surface area (Å²) in [7, 11) is 0. The van der Waals surface area contributed by atoms with E-state index in [1.54, 1.807) is 0 Å². The highest BCUT2D eigenvalue weighted by Gasteiger charge is 2.30. The largest absolute Gasteiger partial charge is 0.355 e. The number of aromatic nitrogens is 2. The molecule has 0 spiro atoms. The summed E-state index contributed by atoms with van der Waals surface area (Å²) in [4.78, 5) is 14.0. The Morgan fingerprint density at radius 2 is 2.10 bits per heavy atom. The predicted molar refractivity (Wildman–Crippen MR) is 80.6 cm³/mol. The molecule has 2 aliphatic rings. The van der Waals surface area contributed by atoms with Crippen molar-refractivity contribution in [1.82, 2.24) is 14.9 Å². The van der Waals surface area contributed by atoms with Gasteiger partial charge in [0.05, 0.1) is 0 Å². The van der Waals surface area contributed by atoms with Gasteiger partial charge in [0.25, 0.3) is 0 Å². The van der Waals surface area contributed by atoms with Crippen LogP contribution in [0.1, 0.15) is 32.0 Å². The fraction of sp³-hybridized carbons (Fsp3) is 0.714. The maximum Gasteiger partial charge on any atom is 0.145 e. The first-order valence-electron chi connectivity index (χ1n) is 7.63. The van der Waals surface area contributed by atoms with E-state index in [-0.39, 0.29) is 0 Å². The Morgan fingerprint density at radius 3 is 2.80 bits per heavy atom. The first-order chi connectivity index (χ1) is 9.80. The van der Waals surface area contributed by atoms with Gasteiger partial charge in [0, 0.05) is 31.6 Å². The van der Waals surface area contributed by atoms with Crippen LogP contribution in [0.3, 0.4) is 0 Å². The summed E-state index contributed by atoms with van der Waals surface area (Å²) >= 11 is 0. The Kier molecular flexibility index (Phi) is 4.03. The van der Waals surface area contributed by atoms with E-state index in [9.17, 15) is 0 Å². The van der Waals surface area contributed by atoms with Crippen LogP contribution in [0.2, 0.25) is 0 Å². The smallest absolute Gasteiger partial charge is 0.145 e. The van der Waals surface area contributed by atoms with E-state index < -0.39 is 0 Å². The summed E-state index contributed by atoms with van der Waals surface area (Å²) in [5.74, 6) is 8.06. The second-order valence-electron chi connectivity index (χ2n) is 5.66. The topological polar surface area (TPSA) is 70.3 Å². The molecule has 2 aliphatic heterocycles. The molecule has 2 fully saturated rings. The summed E-state index contributed by atoms with van der Waals surface area (Å²) in [5, 5.41) is 0. The highest BCUT2D eigenvalue weighted by atomic mass is 15.3. The summed E-state index contributed by atoms with van der Waals surface area (Å²) in [6.45, 7) is 6.74. The third-order valence-corrected chi connectivity index (χ3v) is 4.37. The van der Waals surface area contributed by atoms with Crippen molar-refractivity contribution in [3.8, 4) is 0 Å². The average molecular weight is 276 g/mol. The van der Waals surface area contributed by atoms with Gasteiger partial charge in [0.1, 0.15) is 17.5 Å². The van der Waals surface area contributed by atoms with E-state index in [1.807, 2.05) is 6.07 Å². The van der Waals surface area contributed by atoms with E-state index in [1.165, 1.54) is 32.4 Å². The molecule has 1 aromatic heterocycles. The van der Waals surface area contributed by atoms with Crippen LogP contribution in [0.25, 0.3) is 0 Å². The fourth-order valence-electron chi connectivity index (χ4n) is 3.23. The molecule has 6 heteroatoms. The molecule has 0 amide bonds. The highest BCUT2D eigenvalue weighted by Crippen LogP contribution is 2.25. The highest BCUT2D eigenvalue weighted by molar-refractivity contribution is 5.49. The zero-order chi connectivity index (χ0) is 13.9. The number of nitrogens with zero attached hydrogens (tertiary/aromatic N) is 4. The standard InChI is InChI=1S/C14H24N6/c1-2-12-16-13(18-15)9-14(17-12)20-8-5-11(10-20)19-6-3-4-7-19/h9,11H,2-8,10,15H2,1H3,(H,16,17,18). The Morgan fingerprint density at radius 1 is 1.30 bits per heavy atom. The quantitative estimate of drug-likeness (QED) is 0.631. The number of hydrazine groups is 1. The van der Waals surface area contributed by atoms with Gasteiger partial charge in [-0.3, -0.25) is 4.90 Å². The monoisotopic (exact) mass is 276 g/mol. The Hall–Kier alpha value is -1.40. The third-order valence-electron chi connectivity index (χ3n) is 4.37. The number of hydrogen-bond donors (Lipinski definition) is 2. The predicted octanol–water partition coefficient (Wildman–Crippen LogP) is 0.999. The van der Waals surface area contributed by atoms with E-state index in [0.717, 1.165) is 31.2 Å². The average Bonchev–Trinajstić information content (AvgIpc) is 3.17. The molecular formula is C14H24N6. The molecule has 3 N–H and O–H groups in total. The molecule has 1 atom stereocenters. The van der Waals surface area contributed by atoms with Crippen molar-refractivity contribution in [2.24, 2.45) is 5.84 Å². The number of nitrogens with one attached hydrogen (secondary N) is 1. The second kappa shape index (κ2) is 5.93. The lowest BCUT2D eigenvalue weighted by molar-refractivity contribution is 0.260. The van der Waals surface area contributed by atoms with Crippen LogP contribution in [-0.2, 0) is 6.42 Å². The van der Waals surface area contributed by atoms with Gasteiger partial charge in [-0.1, -0.05) is 6.92 Å². The fourth-order valence-corrected chi connectivity index (χ4v) is 3.23. The Bertz CT molecular complexity index is 435. The van der Waals surface area contributed by atoms with E-state index >= 15 is 0 Å². The minimum Gasteiger partial charge on any atom is -0.355 e. The van der Waals surface area contributed by atoms with Crippen molar-refractivity contribution in [1.29, 1.82) is 0 Å². The second-order valence-corrected chi connectivity index (χ2v) is 5.66. The summed E-state index contributed by atoms with van der Waals surface area (Å²) in [6, 6.07) is 2.64. The molecule has 0 aromatic carbocycles. The van der Waals surface area contributed by atoms with Gasteiger partial charge in [-0.25, -0.2) is 15.8 Å². The van der Waals surface area contributed by atoms with Crippen molar-refractivity contribution >= 4 is 11.6 Å². The molecule has 20 heavy (non-hydrogen) atoms. The minimum atomic E-state index is 0.687. The van der Waals surface area contributed by atoms with Crippen LogP contribution in [0.4, 0.5) is 11.6 Å². The van der Waals surface area contributed by atoms with Gasteiger partial charge >= 0.3 is 0 Å².